The zero-order valence-corrected chi connectivity index (χ0v) is 7.37. The van der Waals surface area contributed by atoms with Gasteiger partial charge in [0.15, 0.2) is 0 Å². The zero-order valence-electron chi connectivity index (χ0n) is 7.37. The molecule has 0 saturated heterocycles. The van der Waals surface area contributed by atoms with Crippen molar-refractivity contribution in [3.05, 3.63) is 23.5 Å². The molecule has 5 N–H and O–H groups in total. The number of anilines is 1. The van der Waals surface area contributed by atoms with Crippen molar-refractivity contribution in [1.29, 1.82) is 5.26 Å². The van der Waals surface area contributed by atoms with Gasteiger partial charge in [0.1, 0.15) is 11.6 Å². The molecule has 0 bridgehead atoms. The van der Waals surface area contributed by atoms with Crippen molar-refractivity contribution in [2.24, 2.45) is 5.73 Å². The molecule has 0 saturated carbocycles. The third-order valence-electron chi connectivity index (χ3n) is 1.86. The molecule has 0 heterocycles. The normalized spacial score (nSPS) is 12.1. The number of hydrogen-bond acceptors (Lipinski definition) is 4. The predicted molar refractivity (Wildman–Crippen MR) is 49.6 cm³/mol. The number of phenolic OH excluding ortho intramolecular Hbond substituents is 1. The summed E-state index contributed by atoms with van der Waals surface area (Å²) in [6.07, 6.45) is 0.0403. The number of nitrogen functional groups attached to an aromatic ring is 1. The molecule has 0 amide bonds. The summed E-state index contributed by atoms with van der Waals surface area (Å²) in [6, 6.07) is 3.34. The van der Waals surface area contributed by atoms with Gasteiger partial charge in [-0.1, -0.05) is 0 Å². The van der Waals surface area contributed by atoms with Gasteiger partial charge >= 0.3 is 0 Å². The second-order valence-corrected chi connectivity index (χ2v) is 2.90. The number of halogens is 1. The van der Waals surface area contributed by atoms with Crippen molar-refractivity contribution < 1.29 is 9.50 Å². The van der Waals surface area contributed by atoms with Crippen LogP contribution in [0.2, 0.25) is 0 Å². The van der Waals surface area contributed by atoms with Crippen LogP contribution in [0.5, 0.6) is 5.75 Å². The molecule has 0 spiro atoms. The average Bonchev–Trinajstić information content (AvgIpc) is 2.11. The number of phenols is 1. The molecule has 0 aliphatic rings. The molecule has 0 fully saturated rings. The molecule has 14 heavy (non-hydrogen) atoms. The summed E-state index contributed by atoms with van der Waals surface area (Å²) < 4.78 is 12.8. The summed E-state index contributed by atoms with van der Waals surface area (Å²) in [4.78, 5) is 0. The van der Waals surface area contributed by atoms with E-state index in [9.17, 15) is 9.50 Å². The molecule has 1 aromatic carbocycles. The van der Waals surface area contributed by atoms with Gasteiger partial charge in [-0.2, -0.15) is 5.26 Å². The summed E-state index contributed by atoms with van der Waals surface area (Å²) >= 11 is 0. The van der Waals surface area contributed by atoms with Gasteiger partial charge in [-0.25, -0.2) is 4.39 Å². The number of nitrogens with two attached hydrogens (primary N) is 2. The topological polar surface area (TPSA) is 96.1 Å². The zero-order chi connectivity index (χ0) is 10.7. The van der Waals surface area contributed by atoms with E-state index in [-0.39, 0.29) is 23.4 Å². The Bertz CT molecular complexity index is 386. The van der Waals surface area contributed by atoms with Gasteiger partial charge in [0.05, 0.1) is 18.2 Å². The molecule has 0 unspecified atom stereocenters. The van der Waals surface area contributed by atoms with Crippen LogP contribution < -0.4 is 11.5 Å². The number of benzene rings is 1. The van der Waals surface area contributed by atoms with Crippen LogP contribution in [0.25, 0.3) is 0 Å². The number of aromatic hydroxyl groups is 1. The van der Waals surface area contributed by atoms with Gasteiger partial charge < -0.3 is 16.6 Å². The molecule has 0 radical (unpaired) electrons. The van der Waals surface area contributed by atoms with Crippen molar-refractivity contribution in [3.63, 3.8) is 0 Å². The highest BCUT2D eigenvalue weighted by atomic mass is 19.1. The average molecular weight is 195 g/mol. The Labute approximate surface area is 80.6 Å². The SMILES string of the molecule is N#CC[C@@H](N)c1cc(N)c(F)cc1O. The number of nitriles is 1. The third kappa shape index (κ3) is 1.92. The molecular formula is C9H10FN3O. The van der Waals surface area contributed by atoms with Crippen LogP contribution in [0.4, 0.5) is 10.1 Å². The Hall–Kier alpha value is -1.80. The van der Waals surface area contributed by atoms with E-state index < -0.39 is 11.9 Å². The molecule has 1 aromatic rings. The van der Waals surface area contributed by atoms with Gasteiger partial charge in [0.2, 0.25) is 0 Å². The van der Waals surface area contributed by atoms with Crippen molar-refractivity contribution >= 4 is 5.69 Å². The Kier molecular flexibility index (Phi) is 2.89. The first kappa shape index (κ1) is 10.3. The predicted octanol–water partition coefficient (Wildman–Crippen LogP) is 1.03. The fraction of sp³-hybridized carbons (Fsp3) is 0.222. The molecule has 0 aromatic heterocycles. The monoisotopic (exact) mass is 195 g/mol. The largest absolute Gasteiger partial charge is 0.507 e. The lowest BCUT2D eigenvalue weighted by Crippen LogP contribution is -2.10. The number of nitrogens with zero attached hydrogens (tertiary/aromatic N) is 1. The first-order valence-corrected chi connectivity index (χ1v) is 3.96. The summed E-state index contributed by atoms with van der Waals surface area (Å²) in [7, 11) is 0. The highest BCUT2D eigenvalue weighted by Gasteiger charge is 2.13. The first-order chi connectivity index (χ1) is 6.56. The second-order valence-electron chi connectivity index (χ2n) is 2.90. The maximum absolute atomic E-state index is 12.8. The Morgan fingerprint density at radius 2 is 2.21 bits per heavy atom. The minimum Gasteiger partial charge on any atom is -0.507 e. The molecule has 4 nitrogen and oxygen atoms in total. The summed E-state index contributed by atoms with van der Waals surface area (Å²) in [6.45, 7) is 0. The van der Waals surface area contributed by atoms with Crippen LogP contribution in [-0.4, -0.2) is 5.11 Å². The fourth-order valence-electron chi connectivity index (χ4n) is 1.10. The van der Waals surface area contributed by atoms with Crippen molar-refractivity contribution in [1.82, 2.24) is 0 Å². The molecule has 1 atom stereocenters. The maximum atomic E-state index is 12.8. The standard InChI is InChI=1S/C9H10FN3O/c10-6-4-9(14)5(3-8(6)13)7(12)1-2-11/h3-4,7,14H,1,12-13H2/t7-/m1/s1. The van der Waals surface area contributed by atoms with Gasteiger partial charge in [-0.15, -0.1) is 0 Å². The van der Waals surface area contributed by atoms with Crippen LogP contribution in [0.1, 0.15) is 18.0 Å². The van der Waals surface area contributed by atoms with Gasteiger partial charge in [-0.05, 0) is 6.07 Å². The van der Waals surface area contributed by atoms with Crippen molar-refractivity contribution in [2.45, 2.75) is 12.5 Å². The highest BCUT2D eigenvalue weighted by Crippen LogP contribution is 2.28. The number of rotatable bonds is 2. The summed E-state index contributed by atoms with van der Waals surface area (Å²) in [5.41, 5.74) is 11.1. The van der Waals surface area contributed by atoms with Gasteiger partial charge in [-0.3, -0.25) is 0 Å². The van der Waals surface area contributed by atoms with E-state index in [1.54, 1.807) is 0 Å². The summed E-state index contributed by atoms with van der Waals surface area (Å²) in [5.74, 6) is -0.977. The van der Waals surface area contributed by atoms with Crippen molar-refractivity contribution in [2.75, 3.05) is 5.73 Å². The lowest BCUT2D eigenvalue weighted by Gasteiger charge is -2.11. The van der Waals surface area contributed by atoms with Gasteiger partial charge in [0, 0.05) is 17.7 Å². The van der Waals surface area contributed by atoms with Crippen LogP contribution in [0, 0.1) is 17.1 Å². The van der Waals surface area contributed by atoms with Crippen molar-refractivity contribution in [3.8, 4) is 11.8 Å². The molecule has 5 heteroatoms. The molecular weight excluding hydrogens is 185 g/mol. The van der Waals surface area contributed by atoms with E-state index >= 15 is 0 Å². The minimum atomic E-state index is -0.699. The second kappa shape index (κ2) is 3.94. The maximum Gasteiger partial charge on any atom is 0.149 e. The van der Waals surface area contributed by atoms with Crippen LogP contribution in [0.15, 0.2) is 12.1 Å². The van der Waals surface area contributed by atoms with E-state index in [1.165, 1.54) is 6.07 Å². The summed E-state index contributed by atoms with van der Waals surface area (Å²) in [5, 5.41) is 17.7. The fourth-order valence-corrected chi connectivity index (χ4v) is 1.10. The highest BCUT2D eigenvalue weighted by molar-refractivity contribution is 5.50. The smallest absolute Gasteiger partial charge is 0.149 e. The Balaban J connectivity index is 3.10. The van der Waals surface area contributed by atoms with E-state index in [1.807, 2.05) is 6.07 Å². The third-order valence-corrected chi connectivity index (χ3v) is 1.86. The lowest BCUT2D eigenvalue weighted by molar-refractivity contribution is 0.456. The molecule has 1 rings (SSSR count). The van der Waals surface area contributed by atoms with Crippen LogP contribution in [-0.2, 0) is 0 Å². The van der Waals surface area contributed by atoms with E-state index in [0.29, 0.717) is 0 Å². The molecule has 74 valence electrons. The molecule has 0 aliphatic carbocycles. The van der Waals surface area contributed by atoms with E-state index in [4.69, 9.17) is 16.7 Å². The minimum absolute atomic E-state index is 0.0403. The van der Waals surface area contributed by atoms with E-state index in [0.717, 1.165) is 6.07 Å². The van der Waals surface area contributed by atoms with Gasteiger partial charge in [0.25, 0.3) is 0 Å². The molecule has 0 aliphatic heterocycles. The number of hydrogen-bond donors (Lipinski definition) is 3. The Morgan fingerprint density at radius 3 is 2.79 bits per heavy atom. The van der Waals surface area contributed by atoms with Crippen LogP contribution in [0.3, 0.4) is 0 Å². The first-order valence-electron chi connectivity index (χ1n) is 3.96. The Morgan fingerprint density at radius 1 is 1.57 bits per heavy atom. The lowest BCUT2D eigenvalue weighted by atomic mass is 10.0. The quantitative estimate of drug-likeness (QED) is 0.485. The van der Waals surface area contributed by atoms with E-state index in [2.05, 4.69) is 0 Å². The van der Waals surface area contributed by atoms with Crippen LogP contribution >= 0.6 is 0 Å².